The zero-order valence-electron chi connectivity index (χ0n) is 20.3. The number of phenolic OH excluding ortho intramolecular Hbond substituents is 1. The Hall–Kier alpha value is -3.27. The minimum absolute atomic E-state index is 0.107. The van der Waals surface area contributed by atoms with Crippen LogP contribution in [0, 0.1) is 21.4 Å². The Morgan fingerprint density at radius 1 is 1.36 bits per heavy atom. The zero-order valence-corrected chi connectivity index (χ0v) is 21.9. The number of nitro groups is 1. The first-order valence-electron chi connectivity index (χ1n) is 11.9. The lowest BCUT2D eigenvalue weighted by Crippen LogP contribution is -2.52. The molecule has 0 amide bonds. The summed E-state index contributed by atoms with van der Waals surface area (Å²) in [5.41, 5.74) is 3.41. The molecule has 1 saturated carbocycles. The summed E-state index contributed by atoms with van der Waals surface area (Å²) in [6.45, 7) is 4.31. The molecule has 2 N–H and O–H groups in total. The number of esters is 1. The topological polar surface area (TPSA) is 131 Å². The van der Waals surface area contributed by atoms with Crippen LogP contribution in [-0.2, 0) is 21.4 Å². The highest BCUT2D eigenvalue weighted by Crippen LogP contribution is 2.58. The summed E-state index contributed by atoms with van der Waals surface area (Å²) in [7, 11) is 1.47. The second-order valence-electron chi connectivity index (χ2n) is 10.2. The van der Waals surface area contributed by atoms with Gasteiger partial charge in [-0.3, -0.25) is 14.9 Å². The minimum atomic E-state index is -0.523. The molecule has 3 atom stereocenters. The van der Waals surface area contributed by atoms with Gasteiger partial charge in [-0.1, -0.05) is 13.3 Å². The molecular weight excluding hydrogens is 528 g/mol. The van der Waals surface area contributed by atoms with Gasteiger partial charge in [0, 0.05) is 28.4 Å². The molecule has 0 spiro atoms. The Morgan fingerprint density at radius 3 is 2.86 bits per heavy atom. The van der Waals surface area contributed by atoms with E-state index >= 15 is 0 Å². The first-order chi connectivity index (χ1) is 17.1. The smallest absolute Gasteiger partial charge is 0.311 e. The van der Waals surface area contributed by atoms with Gasteiger partial charge in [0.2, 0.25) is 5.95 Å². The van der Waals surface area contributed by atoms with E-state index in [0.717, 1.165) is 47.6 Å². The molecule has 0 saturated heterocycles. The van der Waals surface area contributed by atoms with Crippen LogP contribution in [0.3, 0.4) is 0 Å². The highest BCUT2D eigenvalue weighted by Gasteiger charge is 2.56. The number of nitrogens with one attached hydrogen (secondary N) is 1. The number of hydrogen-bond donors (Lipinski definition) is 2. The van der Waals surface area contributed by atoms with Crippen molar-refractivity contribution < 1.29 is 19.6 Å². The number of carbonyl (C=O) groups excluding carboxylic acids is 1. The van der Waals surface area contributed by atoms with E-state index in [2.05, 4.69) is 43.9 Å². The molecule has 3 aromatic rings. The number of halogens is 1. The molecule has 1 fully saturated rings. The summed E-state index contributed by atoms with van der Waals surface area (Å²) < 4.78 is 6.06. The number of fused-ring (bicyclic) bond motifs is 5. The van der Waals surface area contributed by atoms with Gasteiger partial charge in [-0.15, -0.1) is 0 Å². The zero-order chi connectivity index (χ0) is 25.8. The minimum Gasteiger partial charge on any atom is -0.507 e. The SMILES string of the molecule is COC(=O)[C@]1(C)CCC[C@]2(C)c3cc(Br)c4nc(/N=C/c5cc([N+](=O)[O-])ccc5O)[nH]c4c3CC[C@@H]12. The van der Waals surface area contributed by atoms with Crippen LogP contribution in [0.15, 0.2) is 33.7 Å². The van der Waals surface area contributed by atoms with Gasteiger partial charge < -0.3 is 14.8 Å². The van der Waals surface area contributed by atoms with Gasteiger partial charge in [-0.05, 0) is 83.1 Å². The number of carbonyl (C=O) groups is 1. The third-order valence-electron chi connectivity index (χ3n) is 8.24. The number of aromatic amines is 1. The van der Waals surface area contributed by atoms with Crippen LogP contribution >= 0.6 is 15.9 Å². The summed E-state index contributed by atoms with van der Waals surface area (Å²) in [6.07, 6.45) is 5.78. The van der Waals surface area contributed by atoms with Crippen LogP contribution in [0.25, 0.3) is 11.0 Å². The van der Waals surface area contributed by atoms with Crippen molar-refractivity contribution in [3.05, 3.63) is 55.5 Å². The quantitative estimate of drug-likeness (QED) is 0.179. The molecule has 0 bridgehead atoms. The first-order valence-corrected chi connectivity index (χ1v) is 12.7. The monoisotopic (exact) mass is 554 g/mol. The number of aromatic nitrogens is 2. The lowest BCUT2D eigenvalue weighted by atomic mass is 9.50. The van der Waals surface area contributed by atoms with Crippen LogP contribution in [-0.4, -0.2) is 39.3 Å². The first kappa shape index (κ1) is 24.4. The maximum atomic E-state index is 12.8. The van der Waals surface area contributed by atoms with E-state index in [4.69, 9.17) is 4.74 Å². The number of hydrogen-bond acceptors (Lipinski definition) is 7. The Balaban J connectivity index is 1.56. The third kappa shape index (κ3) is 3.70. The van der Waals surface area contributed by atoms with Gasteiger partial charge in [-0.2, -0.15) is 0 Å². The second-order valence-corrected chi connectivity index (χ2v) is 11.1. The number of benzene rings is 2. The molecule has 5 rings (SSSR count). The van der Waals surface area contributed by atoms with E-state index in [1.807, 2.05) is 6.92 Å². The van der Waals surface area contributed by atoms with E-state index in [0.29, 0.717) is 5.95 Å². The van der Waals surface area contributed by atoms with Crippen molar-refractivity contribution >= 4 is 50.8 Å². The summed E-state index contributed by atoms with van der Waals surface area (Å²) in [5, 5.41) is 21.2. The van der Waals surface area contributed by atoms with Crippen LogP contribution in [0.5, 0.6) is 5.75 Å². The molecule has 188 valence electrons. The number of aryl methyl sites for hydroxylation is 1. The second kappa shape index (κ2) is 8.69. The fourth-order valence-corrected chi connectivity index (χ4v) is 7.00. The predicted molar refractivity (Wildman–Crippen MR) is 139 cm³/mol. The van der Waals surface area contributed by atoms with Gasteiger partial charge in [0.25, 0.3) is 5.69 Å². The average molecular weight is 555 g/mol. The Morgan fingerprint density at radius 2 is 2.14 bits per heavy atom. The molecular formula is C26H27BrN4O5. The summed E-state index contributed by atoms with van der Waals surface area (Å²) >= 11 is 3.69. The van der Waals surface area contributed by atoms with Crippen LogP contribution in [0.1, 0.15) is 56.2 Å². The van der Waals surface area contributed by atoms with Crippen LogP contribution in [0.2, 0.25) is 0 Å². The number of aliphatic imine (C=N–C) groups is 1. The number of H-pyrrole nitrogens is 1. The van der Waals surface area contributed by atoms with E-state index < -0.39 is 10.3 Å². The van der Waals surface area contributed by atoms with Crippen molar-refractivity contribution in [2.45, 2.75) is 51.4 Å². The molecule has 0 unspecified atom stereocenters. The van der Waals surface area contributed by atoms with Crippen molar-refractivity contribution in [2.24, 2.45) is 16.3 Å². The number of methoxy groups -OCH3 is 1. The van der Waals surface area contributed by atoms with Gasteiger partial charge in [-0.25, -0.2) is 9.98 Å². The third-order valence-corrected chi connectivity index (χ3v) is 8.85. The van der Waals surface area contributed by atoms with Crippen molar-refractivity contribution in [1.29, 1.82) is 0 Å². The molecule has 0 radical (unpaired) electrons. The number of ether oxygens (including phenoxy) is 1. The number of aromatic hydroxyl groups is 1. The van der Waals surface area contributed by atoms with Gasteiger partial charge in [0.15, 0.2) is 0 Å². The van der Waals surface area contributed by atoms with Gasteiger partial charge >= 0.3 is 5.97 Å². The highest BCUT2D eigenvalue weighted by atomic mass is 79.9. The average Bonchev–Trinajstić information content (AvgIpc) is 3.28. The number of nitrogens with zero attached hydrogens (tertiary/aromatic N) is 3. The largest absolute Gasteiger partial charge is 0.507 e. The fourth-order valence-electron chi connectivity index (χ4n) is 6.49. The van der Waals surface area contributed by atoms with Crippen molar-refractivity contribution in [3.63, 3.8) is 0 Å². The number of rotatable bonds is 4. The highest BCUT2D eigenvalue weighted by molar-refractivity contribution is 9.10. The molecule has 2 aromatic carbocycles. The Bertz CT molecular complexity index is 1430. The van der Waals surface area contributed by atoms with Crippen LogP contribution in [0.4, 0.5) is 11.6 Å². The molecule has 0 aliphatic heterocycles. The fraction of sp³-hybridized carbons (Fsp3) is 0.423. The lowest BCUT2D eigenvalue weighted by molar-refractivity contribution is -0.384. The predicted octanol–water partition coefficient (Wildman–Crippen LogP) is 5.87. The summed E-state index contributed by atoms with van der Waals surface area (Å²) in [5.74, 6) is 0.258. The summed E-state index contributed by atoms with van der Waals surface area (Å²) in [6, 6.07) is 5.91. The van der Waals surface area contributed by atoms with Crippen molar-refractivity contribution in [3.8, 4) is 5.75 Å². The molecule has 2 aliphatic rings. The molecule has 36 heavy (non-hydrogen) atoms. The van der Waals surface area contributed by atoms with E-state index in [-0.39, 0.29) is 34.3 Å². The van der Waals surface area contributed by atoms with Gasteiger partial charge in [0.1, 0.15) is 11.3 Å². The Labute approximate surface area is 216 Å². The van der Waals surface area contributed by atoms with Crippen molar-refractivity contribution in [2.75, 3.05) is 7.11 Å². The lowest BCUT2D eigenvalue weighted by Gasteiger charge is -2.54. The standard InChI is InChI=1S/C26H27BrN4O5/c1-25-9-4-10-26(2,23(33)36-3)20(25)8-6-16-17(25)12-18(27)22-21(16)29-24(30-22)28-13-14-11-15(31(34)35)5-7-19(14)32/h5,7,11-13,20,32H,4,6,8-10H2,1-3H3,(H,29,30)/b28-13+/t20-,25-,26-/m1/s1. The molecule has 2 aliphatic carbocycles. The van der Waals surface area contributed by atoms with Crippen LogP contribution < -0.4 is 0 Å². The molecule has 10 heteroatoms. The Kier molecular flexibility index (Phi) is 5.89. The normalized spacial score (nSPS) is 25.5. The number of nitro benzene ring substituents is 1. The molecule has 1 aromatic heterocycles. The number of phenols is 1. The molecule has 1 heterocycles. The maximum absolute atomic E-state index is 12.8. The van der Waals surface area contributed by atoms with E-state index in [1.54, 1.807) is 0 Å². The van der Waals surface area contributed by atoms with E-state index in [9.17, 15) is 20.0 Å². The van der Waals surface area contributed by atoms with E-state index in [1.165, 1.54) is 42.7 Å². The maximum Gasteiger partial charge on any atom is 0.311 e. The number of non-ortho nitro benzene ring substituents is 1. The summed E-state index contributed by atoms with van der Waals surface area (Å²) in [4.78, 5) is 35.7. The molecule has 9 nitrogen and oxygen atoms in total. The number of imidazole rings is 1. The van der Waals surface area contributed by atoms with Crippen molar-refractivity contribution in [1.82, 2.24) is 9.97 Å². The van der Waals surface area contributed by atoms with Gasteiger partial charge in [0.05, 0.1) is 23.0 Å².